The first-order chi connectivity index (χ1) is 12.2. The standard InChI is InChI=1S/C18H14N4O3/c23-13-11-15(25-14-6-2-1-5-12(13)14)18(24)19-9-8-17-21-20-16-7-3-4-10-22(16)17/h1-7,10-11H,8-9H2,(H,19,24). The summed E-state index contributed by atoms with van der Waals surface area (Å²) in [5.41, 5.74) is 0.906. The number of pyridine rings is 1. The summed E-state index contributed by atoms with van der Waals surface area (Å²) in [5, 5.41) is 11.4. The molecule has 0 bridgehead atoms. The van der Waals surface area contributed by atoms with Crippen molar-refractivity contribution in [2.75, 3.05) is 6.54 Å². The van der Waals surface area contributed by atoms with Gasteiger partial charge in [-0.05, 0) is 24.3 Å². The third-order valence-corrected chi connectivity index (χ3v) is 3.88. The van der Waals surface area contributed by atoms with Gasteiger partial charge in [0.1, 0.15) is 11.4 Å². The van der Waals surface area contributed by atoms with Crippen LogP contribution in [0.1, 0.15) is 16.4 Å². The van der Waals surface area contributed by atoms with Crippen molar-refractivity contribution < 1.29 is 9.21 Å². The highest BCUT2D eigenvalue weighted by atomic mass is 16.3. The molecule has 25 heavy (non-hydrogen) atoms. The number of para-hydroxylation sites is 1. The van der Waals surface area contributed by atoms with Gasteiger partial charge in [0.2, 0.25) is 0 Å². The van der Waals surface area contributed by atoms with Crippen molar-refractivity contribution >= 4 is 22.5 Å². The number of nitrogens with zero attached hydrogens (tertiary/aromatic N) is 3. The van der Waals surface area contributed by atoms with Crippen LogP contribution in [0.3, 0.4) is 0 Å². The summed E-state index contributed by atoms with van der Waals surface area (Å²) in [6, 6.07) is 13.7. The molecule has 3 aromatic heterocycles. The number of carbonyl (C=O) groups is 1. The first-order valence-corrected chi connectivity index (χ1v) is 7.82. The summed E-state index contributed by atoms with van der Waals surface area (Å²) in [5.74, 6) is 0.308. The number of carbonyl (C=O) groups excluding carboxylic acids is 1. The lowest BCUT2D eigenvalue weighted by Gasteiger charge is -2.05. The van der Waals surface area contributed by atoms with Crippen molar-refractivity contribution in [3.8, 4) is 0 Å². The van der Waals surface area contributed by atoms with Gasteiger partial charge in [0, 0.05) is 25.2 Å². The summed E-state index contributed by atoms with van der Waals surface area (Å²) in [6.07, 6.45) is 2.38. The van der Waals surface area contributed by atoms with E-state index < -0.39 is 5.91 Å². The van der Waals surface area contributed by atoms with Crippen molar-refractivity contribution in [1.29, 1.82) is 0 Å². The van der Waals surface area contributed by atoms with E-state index >= 15 is 0 Å². The lowest BCUT2D eigenvalue weighted by atomic mass is 10.2. The Hall–Kier alpha value is -3.48. The van der Waals surface area contributed by atoms with Gasteiger partial charge < -0.3 is 9.73 Å². The van der Waals surface area contributed by atoms with E-state index in [0.717, 1.165) is 11.5 Å². The number of hydrogen-bond donors (Lipinski definition) is 1. The van der Waals surface area contributed by atoms with E-state index in [4.69, 9.17) is 4.42 Å². The van der Waals surface area contributed by atoms with E-state index in [1.165, 1.54) is 6.07 Å². The number of benzene rings is 1. The minimum Gasteiger partial charge on any atom is -0.451 e. The lowest BCUT2D eigenvalue weighted by Crippen LogP contribution is -2.27. The molecule has 7 nitrogen and oxygen atoms in total. The smallest absolute Gasteiger partial charge is 0.287 e. The molecule has 0 fully saturated rings. The average Bonchev–Trinajstić information content (AvgIpc) is 3.05. The van der Waals surface area contributed by atoms with Crippen LogP contribution in [-0.2, 0) is 6.42 Å². The van der Waals surface area contributed by atoms with E-state index in [0.29, 0.717) is 23.9 Å². The second-order valence-corrected chi connectivity index (χ2v) is 5.52. The van der Waals surface area contributed by atoms with Crippen LogP contribution in [0.5, 0.6) is 0 Å². The number of aromatic nitrogens is 3. The zero-order valence-corrected chi connectivity index (χ0v) is 13.2. The normalized spacial score (nSPS) is 11.0. The predicted molar refractivity (Wildman–Crippen MR) is 91.5 cm³/mol. The molecule has 1 N–H and O–H groups in total. The van der Waals surface area contributed by atoms with E-state index in [1.54, 1.807) is 24.3 Å². The summed E-state index contributed by atoms with van der Waals surface area (Å²) in [7, 11) is 0. The molecule has 0 unspecified atom stereocenters. The van der Waals surface area contributed by atoms with Gasteiger partial charge in [-0.1, -0.05) is 18.2 Å². The van der Waals surface area contributed by atoms with Crippen molar-refractivity contribution in [1.82, 2.24) is 19.9 Å². The molecule has 124 valence electrons. The Bertz CT molecular complexity index is 1130. The Morgan fingerprint density at radius 2 is 1.96 bits per heavy atom. The molecule has 0 aliphatic rings. The van der Waals surface area contributed by atoms with Crippen molar-refractivity contribution in [3.05, 3.63) is 76.5 Å². The van der Waals surface area contributed by atoms with Crippen LogP contribution in [0, 0.1) is 0 Å². The Labute approximate surface area is 141 Å². The van der Waals surface area contributed by atoms with Crippen molar-refractivity contribution in [2.24, 2.45) is 0 Å². The average molecular weight is 334 g/mol. The molecule has 7 heteroatoms. The lowest BCUT2D eigenvalue weighted by molar-refractivity contribution is 0.0927. The van der Waals surface area contributed by atoms with Gasteiger partial charge in [-0.3, -0.25) is 14.0 Å². The zero-order chi connectivity index (χ0) is 17.2. The molecule has 4 rings (SSSR count). The minimum atomic E-state index is -0.434. The highest BCUT2D eigenvalue weighted by molar-refractivity contribution is 5.93. The molecule has 0 aliphatic carbocycles. The van der Waals surface area contributed by atoms with Crippen LogP contribution in [0.25, 0.3) is 16.6 Å². The van der Waals surface area contributed by atoms with Crippen LogP contribution in [-0.4, -0.2) is 27.0 Å². The molecular weight excluding hydrogens is 320 g/mol. The van der Waals surface area contributed by atoms with Gasteiger partial charge in [0.15, 0.2) is 16.8 Å². The highest BCUT2D eigenvalue weighted by Crippen LogP contribution is 2.11. The van der Waals surface area contributed by atoms with Crippen molar-refractivity contribution in [3.63, 3.8) is 0 Å². The maximum atomic E-state index is 12.2. The summed E-state index contributed by atoms with van der Waals surface area (Å²) < 4.78 is 7.38. The highest BCUT2D eigenvalue weighted by Gasteiger charge is 2.12. The molecule has 4 aromatic rings. The SMILES string of the molecule is O=C(NCCc1nnc2ccccn12)c1cc(=O)c2ccccc2o1. The molecule has 3 heterocycles. The Morgan fingerprint density at radius 1 is 1.12 bits per heavy atom. The molecule has 0 spiro atoms. The fraction of sp³-hybridized carbons (Fsp3) is 0.111. The third-order valence-electron chi connectivity index (χ3n) is 3.88. The zero-order valence-electron chi connectivity index (χ0n) is 13.2. The molecular formula is C18H14N4O3. The van der Waals surface area contributed by atoms with Crippen molar-refractivity contribution in [2.45, 2.75) is 6.42 Å². The molecule has 0 atom stereocenters. The van der Waals surface area contributed by atoms with E-state index in [9.17, 15) is 9.59 Å². The largest absolute Gasteiger partial charge is 0.451 e. The third kappa shape index (κ3) is 2.87. The van der Waals surface area contributed by atoms with Crippen LogP contribution >= 0.6 is 0 Å². The Kier molecular flexibility index (Phi) is 3.74. The van der Waals surface area contributed by atoms with E-state index in [2.05, 4.69) is 15.5 Å². The number of rotatable bonds is 4. The number of nitrogens with one attached hydrogen (secondary N) is 1. The van der Waals surface area contributed by atoms with Gasteiger partial charge in [-0.2, -0.15) is 0 Å². The first-order valence-electron chi connectivity index (χ1n) is 7.82. The number of amides is 1. The molecule has 0 saturated heterocycles. The van der Waals surface area contributed by atoms with Gasteiger partial charge >= 0.3 is 0 Å². The maximum absolute atomic E-state index is 12.2. The second kappa shape index (κ2) is 6.20. The quantitative estimate of drug-likeness (QED) is 0.615. The molecule has 0 saturated carbocycles. The molecule has 1 amide bonds. The number of fused-ring (bicyclic) bond motifs is 2. The second-order valence-electron chi connectivity index (χ2n) is 5.52. The Morgan fingerprint density at radius 3 is 2.88 bits per heavy atom. The number of hydrogen-bond acceptors (Lipinski definition) is 5. The molecule has 0 radical (unpaired) electrons. The van der Waals surface area contributed by atoms with Crippen LogP contribution in [0.2, 0.25) is 0 Å². The van der Waals surface area contributed by atoms with Crippen LogP contribution < -0.4 is 10.7 Å². The fourth-order valence-corrected chi connectivity index (χ4v) is 2.65. The molecule has 1 aromatic carbocycles. The topological polar surface area (TPSA) is 89.5 Å². The minimum absolute atomic E-state index is 0.00481. The van der Waals surface area contributed by atoms with Gasteiger partial charge in [0.25, 0.3) is 5.91 Å². The summed E-state index contributed by atoms with van der Waals surface area (Å²) in [4.78, 5) is 24.3. The van der Waals surface area contributed by atoms with Gasteiger partial charge in [0.05, 0.1) is 5.39 Å². The van der Waals surface area contributed by atoms with Gasteiger partial charge in [-0.25, -0.2) is 0 Å². The van der Waals surface area contributed by atoms with Crippen LogP contribution in [0.15, 0.2) is 63.9 Å². The van der Waals surface area contributed by atoms with Gasteiger partial charge in [-0.15, -0.1) is 10.2 Å². The summed E-state index contributed by atoms with van der Waals surface area (Å²) >= 11 is 0. The monoisotopic (exact) mass is 334 g/mol. The first kappa shape index (κ1) is 15.1. The predicted octanol–water partition coefficient (Wildman–Crippen LogP) is 1.81. The van der Waals surface area contributed by atoms with Crippen LogP contribution in [0.4, 0.5) is 0 Å². The fourth-order valence-electron chi connectivity index (χ4n) is 2.65. The van der Waals surface area contributed by atoms with E-state index in [-0.39, 0.29) is 11.2 Å². The Balaban J connectivity index is 1.48. The maximum Gasteiger partial charge on any atom is 0.287 e. The summed E-state index contributed by atoms with van der Waals surface area (Å²) in [6.45, 7) is 0.352. The van der Waals surface area contributed by atoms with E-state index in [1.807, 2.05) is 28.8 Å². The molecule has 0 aliphatic heterocycles.